The third-order valence-corrected chi connectivity index (χ3v) is 18.1. The van der Waals surface area contributed by atoms with Crippen LogP contribution < -0.4 is 0 Å². The van der Waals surface area contributed by atoms with Crippen molar-refractivity contribution in [3.63, 3.8) is 0 Å². The van der Waals surface area contributed by atoms with E-state index in [9.17, 15) is 76.4 Å². The minimum Gasteiger partial charge on any atom is -0.309 e. The molecule has 0 bridgehead atoms. The quantitative estimate of drug-likeness (QED) is 0.142. The third kappa shape index (κ3) is 13.4. The van der Waals surface area contributed by atoms with Crippen LogP contribution in [0.3, 0.4) is 0 Å². The zero-order valence-corrected chi connectivity index (χ0v) is 53.0. The molecular formula is C77H33F27N4. The van der Waals surface area contributed by atoms with Gasteiger partial charge in [0, 0.05) is 38.2 Å². The molecule has 0 spiro atoms. The number of nitrogens with zero attached hydrogens (tertiary/aromatic N) is 4. The highest BCUT2D eigenvalue weighted by atomic mass is 19.4. The van der Waals surface area contributed by atoms with Crippen molar-refractivity contribution in [2.45, 2.75) is 55.6 Å². The lowest BCUT2D eigenvalue weighted by Crippen LogP contribution is -2.12. The van der Waals surface area contributed by atoms with E-state index >= 15 is 52.7 Å². The second kappa shape index (κ2) is 25.4. The van der Waals surface area contributed by atoms with E-state index in [0.29, 0.717) is 60.7 Å². The Morgan fingerprint density at radius 2 is 0.481 bits per heavy atom. The molecule has 0 fully saturated rings. The molecule has 13 rings (SSSR count). The summed E-state index contributed by atoms with van der Waals surface area (Å²) in [4.78, 5) is 0. The van der Waals surface area contributed by atoms with Gasteiger partial charge in [-0.3, -0.25) is 0 Å². The van der Waals surface area contributed by atoms with E-state index in [-0.39, 0.29) is 90.4 Å². The normalized spacial score (nSPS) is 13.1. The maximum Gasteiger partial charge on any atom is 0.417 e. The number of nitriles is 2. The number of fused-ring (bicyclic) bond motifs is 6. The van der Waals surface area contributed by atoms with Gasteiger partial charge in [-0.05, 0) is 177 Å². The van der Waals surface area contributed by atoms with E-state index in [4.69, 9.17) is 0 Å². The van der Waals surface area contributed by atoms with E-state index in [1.807, 2.05) is 6.07 Å². The minimum atomic E-state index is -5.56. The molecule has 31 heteroatoms. The summed E-state index contributed by atoms with van der Waals surface area (Å²) in [5.74, 6) is 0. The Kier molecular flexibility index (Phi) is 17.5. The molecule has 0 unspecified atom stereocenters. The Bertz CT molecular complexity index is 5680. The average molecular weight is 1530 g/mol. The lowest BCUT2D eigenvalue weighted by atomic mass is 9.87. The summed E-state index contributed by atoms with van der Waals surface area (Å²) < 4.78 is 396. The Morgan fingerprint density at radius 3 is 0.750 bits per heavy atom. The Morgan fingerprint density at radius 1 is 0.222 bits per heavy atom. The fourth-order valence-electron chi connectivity index (χ4n) is 13.4. The molecule has 0 radical (unpaired) electrons. The van der Waals surface area contributed by atoms with Crippen LogP contribution in [0.2, 0.25) is 0 Å². The molecule has 0 N–H and O–H groups in total. The van der Waals surface area contributed by atoms with Gasteiger partial charge in [0.15, 0.2) is 0 Å². The van der Waals surface area contributed by atoms with Crippen molar-refractivity contribution in [2.24, 2.45) is 0 Å². The Balaban J connectivity index is 1.18. The van der Waals surface area contributed by atoms with Gasteiger partial charge in [-0.15, -0.1) is 0 Å². The summed E-state index contributed by atoms with van der Waals surface area (Å²) >= 11 is 0. The summed E-state index contributed by atoms with van der Waals surface area (Å²) in [7, 11) is 0. The fourth-order valence-corrected chi connectivity index (χ4v) is 13.4. The van der Waals surface area contributed by atoms with E-state index < -0.39 is 172 Å². The number of aromatic nitrogens is 2. The highest BCUT2D eigenvalue weighted by molar-refractivity contribution is 6.15. The smallest absolute Gasteiger partial charge is 0.309 e. The number of alkyl halides is 27. The van der Waals surface area contributed by atoms with Gasteiger partial charge in [-0.25, -0.2) is 0 Å². The standard InChI is InChI=1S/C77H33F27N4/c78-69(79,80)42-11-16-47(41(25-42)35-106)52-4-2-6-66(108-63-23-9-38(50-19-14-45(72(87,88)89)32-59(50)76(99,100)101)28-55(63)56-29-39(10-24-64(56)108)51-20-15-46(73(90,91)92)33-60(51)77(102,103)104)68(52)67-40(34-105)3-1-5-65(67)107-61-21-7-36(48-17-12-43(70(81,82)83)30-57(48)74(93,94)95)26-53(61)54-27-37(8-22-62(54)107)49-18-13-44(71(84,85)86)31-58(49)75(96,97)98/h1-33H. The van der Waals surface area contributed by atoms with E-state index in [2.05, 4.69) is 0 Å². The largest absolute Gasteiger partial charge is 0.417 e. The molecule has 0 amide bonds. The number of hydrogen-bond acceptors (Lipinski definition) is 2. The highest BCUT2D eigenvalue weighted by Gasteiger charge is 2.44. The number of benzene rings is 11. The Labute approximate surface area is 587 Å². The van der Waals surface area contributed by atoms with Gasteiger partial charge in [0.1, 0.15) is 0 Å². The molecule has 2 heterocycles. The zero-order valence-electron chi connectivity index (χ0n) is 53.0. The van der Waals surface area contributed by atoms with Gasteiger partial charge in [0.05, 0.1) is 107 Å². The van der Waals surface area contributed by atoms with Crippen molar-refractivity contribution in [1.29, 1.82) is 10.5 Å². The van der Waals surface area contributed by atoms with Crippen LogP contribution >= 0.6 is 0 Å². The fraction of sp³-hybridized carbons (Fsp3) is 0.117. The maximum absolute atomic E-state index is 15.1. The number of rotatable bonds is 8. The van der Waals surface area contributed by atoms with Gasteiger partial charge in [0.2, 0.25) is 0 Å². The predicted octanol–water partition coefficient (Wildman–Crippen LogP) is 26.8. The molecule has 13 aromatic rings. The van der Waals surface area contributed by atoms with Crippen LogP contribution in [0.15, 0.2) is 200 Å². The molecule has 0 aliphatic rings. The van der Waals surface area contributed by atoms with Crippen molar-refractivity contribution in [3.05, 3.63) is 261 Å². The highest BCUT2D eigenvalue weighted by Crippen LogP contribution is 2.53. The summed E-state index contributed by atoms with van der Waals surface area (Å²) in [6, 6.07) is 27.0. The van der Waals surface area contributed by atoms with Crippen LogP contribution in [0.4, 0.5) is 119 Å². The van der Waals surface area contributed by atoms with Gasteiger partial charge in [-0.2, -0.15) is 129 Å². The monoisotopic (exact) mass is 1530 g/mol. The predicted molar refractivity (Wildman–Crippen MR) is 342 cm³/mol. The SMILES string of the molecule is N#Cc1cc(C(F)(F)F)ccc1-c1cccc(-n2c3ccc(-c4ccc(C(F)(F)F)cc4C(F)(F)F)cc3c3cc(-c4ccc(C(F)(F)F)cc4C(F)(F)F)ccc32)c1-c1c(C#N)cccc1-n1c2ccc(-c3ccc(C(F)(F)F)cc3C(F)(F)F)cc2c2cc(-c3ccc(C(F)(F)F)cc3C(F)(F)F)ccc21. The van der Waals surface area contributed by atoms with Crippen LogP contribution in [0.5, 0.6) is 0 Å². The van der Waals surface area contributed by atoms with Crippen LogP contribution in [-0.2, 0) is 55.6 Å². The van der Waals surface area contributed by atoms with Crippen LogP contribution in [-0.4, -0.2) is 9.13 Å². The first-order chi connectivity index (χ1) is 50.2. The van der Waals surface area contributed by atoms with Crippen molar-refractivity contribution < 1.29 is 119 Å². The van der Waals surface area contributed by atoms with Crippen molar-refractivity contribution in [2.75, 3.05) is 0 Å². The van der Waals surface area contributed by atoms with Gasteiger partial charge in [0.25, 0.3) is 0 Å². The van der Waals surface area contributed by atoms with Gasteiger partial charge < -0.3 is 9.13 Å². The molecule has 0 aliphatic heterocycles. The molecule has 0 saturated carbocycles. The summed E-state index contributed by atoms with van der Waals surface area (Å²) in [5.41, 5.74) is -26.0. The van der Waals surface area contributed by atoms with Crippen molar-refractivity contribution in [3.8, 4) is 90.3 Å². The van der Waals surface area contributed by atoms with Crippen LogP contribution in [0, 0.1) is 22.7 Å². The second-order valence-electron chi connectivity index (χ2n) is 24.5. The lowest BCUT2D eigenvalue weighted by molar-refractivity contribution is -0.144. The summed E-state index contributed by atoms with van der Waals surface area (Å²) in [6.45, 7) is 0. The molecule has 108 heavy (non-hydrogen) atoms. The average Bonchev–Trinajstić information content (AvgIpc) is 1.52. The molecular weight excluding hydrogens is 1490 g/mol. The number of halogens is 27. The lowest BCUT2D eigenvalue weighted by Gasteiger charge is -2.23. The molecule has 0 saturated heterocycles. The molecule has 4 nitrogen and oxygen atoms in total. The van der Waals surface area contributed by atoms with Crippen molar-refractivity contribution >= 4 is 43.6 Å². The minimum absolute atomic E-state index is 0.200. The summed E-state index contributed by atoms with van der Waals surface area (Å²) in [5, 5.41) is 21.0. The van der Waals surface area contributed by atoms with E-state index in [0.717, 1.165) is 84.9 Å². The third-order valence-electron chi connectivity index (χ3n) is 18.1. The molecule has 11 aromatic carbocycles. The second-order valence-corrected chi connectivity index (χ2v) is 24.5. The maximum atomic E-state index is 15.1. The first kappa shape index (κ1) is 74.4. The molecule has 0 atom stereocenters. The zero-order chi connectivity index (χ0) is 78.5. The van der Waals surface area contributed by atoms with Gasteiger partial charge in [-0.1, -0.05) is 72.8 Å². The van der Waals surface area contributed by atoms with Crippen LogP contribution in [0.1, 0.15) is 61.2 Å². The van der Waals surface area contributed by atoms with Crippen LogP contribution in [0.25, 0.3) is 122 Å². The molecule has 2 aromatic heterocycles. The molecule has 550 valence electrons. The molecule has 0 aliphatic carbocycles. The first-order valence-electron chi connectivity index (χ1n) is 30.8. The number of hydrogen-bond donors (Lipinski definition) is 0. The van der Waals surface area contributed by atoms with Crippen molar-refractivity contribution in [1.82, 2.24) is 9.13 Å². The summed E-state index contributed by atoms with van der Waals surface area (Å²) in [6.07, 6.45) is -48.8. The van der Waals surface area contributed by atoms with E-state index in [1.165, 1.54) is 39.5 Å². The van der Waals surface area contributed by atoms with Gasteiger partial charge >= 0.3 is 55.6 Å². The van der Waals surface area contributed by atoms with E-state index in [1.54, 1.807) is 6.07 Å². The topological polar surface area (TPSA) is 57.4 Å². The Hall–Kier alpha value is -11.9. The first-order valence-corrected chi connectivity index (χ1v) is 30.8.